The Balaban J connectivity index is 3.16. The number of carbonyl (C=O) groups excluding carboxylic acids is 1. The molecule has 0 amide bonds. The summed E-state index contributed by atoms with van der Waals surface area (Å²) in [6, 6.07) is 5.18. The number of halogens is 2. The third kappa shape index (κ3) is 3.68. The first kappa shape index (κ1) is 13.9. The molecule has 17 heavy (non-hydrogen) atoms. The summed E-state index contributed by atoms with van der Waals surface area (Å²) >= 11 is 9.28. The van der Waals surface area contributed by atoms with E-state index in [0.29, 0.717) is 15.6 Å². The van der Waals surface area contributed by atoms with Crippen LogP contribution in [0, 0.1) is 0 Å². The fourth-order valence-corrected chi connectivity index (χ4v) is 2.21. The molecule has 0 fully saturated rings. The number of carboxylic acid groups (broad SMARTS) is 1. The van der Waals surface area contributed by atoms with E-state index in [1.54, 1.807) is 18.2 Å². The normalized spacial score (nSPS) is 12.6. The Kier molecular flexibility index (Phi) is 4.90. The minimum atomic E-state index is -1.03. The van der Waals surface area contributed by atoms with Crippen molar-refractivity contribution in [2.45, 2.75) is 12.3 Å². The molecule has 0 aliphatic carbocycles. The molecule has 0 heterocycles. The lowest BCUT2D eigenvalue weighted by molar-refractivity contribution is -0.131. The number of ketones is 1. The lowest BCUT2D eigenvalue weighted by Gasteiger charge is -2.10. The molecular weight excluding hydrogens is 307 g/mol. The van der Waals surface area contributed by atoms with E-state index in [1.807, 2.05) is 0 Å². The predicted molar refractivity (Wildman–Crippen MR) is 70.1 cm³/mol. The molecule has 0 aliphatic rings. The summed E-state index contributed by atoms with van der Waals surface area (Å²) in [6.45, 7) is 1.41. The summed E-state index contributed by atoms with van der Waals surface area (Å²) in [6.07, 6.45) is 2.47. The second kappa shape index (κ2) is 5.98. The molecule has 0 aliphatic heterocycles. The van der Waals surface area contributed by atoms with Crippen molar-refractivity contribution in [3.63, 3.8) is 0 Å². The molecule has 1 rings (SSSR count). The highest BCUT2D eigenvalue weighted by atomic mass is 79.9. The molecule has 0 saturated heterocycles. The van der Waals surface area contributed by atoms with Gasteiger partial charge in [-0.2, -0.15) is 0 Å². The van der Waals surface area contributed by atoms with Crippen LogP contribution in [0.5, 0.6) is 0 Å². The third-order valence-electron chi connectivity index (χ3n) is 2.09. The summed E-state index contributed by atoms with van der Waals surface area (Å²) < 4.78 is 0.632. The van der Waals surface area contributed by atoms with Crippen molar-refractivity contribution in [1.29, 1.82) is 0 Å². The van der Waals surface area contributed by atoms with E-state index in [0.717, 1.165) is 6.08 Å². The minimum absolute atomic E-state index is 0.160. The minimum Gasteiger partial charge on any atom is -0.478 e. The van der Waals surface area contributed by atoms with Gasteiger partial charge in [0.15, 0.2) is 5.78 Å². The molecule has 1 atom stereocenters. The van der Waals surface area contributed by atoms with E-state index in [1.165, 1.54) is 13.0 Å². The number of alkyl halides is 1. The Morgan fingerprint density at radius 1 is 1.47 bits per heavy atom. The van der Waals surface area contributed by atoms with Crippen LogP contribution in [0.25, 0.3) is 6.08 Å². The highest BCUT2D eigenvalue weighted by molar-refractivity contribution is 9.10. The molecule has 0 saturated carbocycles. The number of rotatable bonds is 4. The molecular formula is C12H10BrClO3. The molecule has 0 spiro atoms. The van der Waals surface area contributed by atoms with E-state index in [2.05, 4.69) is 15.9 Å². The van der Waals surface area contributed by atoms with E-state index in [4.69, 9.17) is 16.7 Å². The number of benzene rings is 1. The van der Waals surface area contributed by atoms with E-state index in [-0.39, 0.29) is 5.78 Å². The van der Waals surface area contributed by atoms with Crippen molar-refractivity contribution in [3.05, 3.63) is 39.9 Å². The lowest BCUT2D eigenvalue weighted by atomic mass is 10.1. The quantitative estimate of drug-likeness (QED) is 0.684. The van der Waals surface area contributed by atoms with Crippen molar-refractivity contribution in [2.24, 2.45) is 0 Å². The van der Waals surface area contributed by atoms with E-state index >= 15 is 0 Å². The van der Waals surface area contributed by atoms with Crippen LogP contribution in [0.1, 0.15) is 23.4 Å². The maximum Gasteiger partial charge on any atom is 0.328 e. The van der Waals surface area contributed by atoms with E-state index in [9.17, 15) is 9.59 Å². The number of carboxylic acids is 1. The zero-order valence-electron chi connectivity index (χ0n) is 8.98. The monoisotopic (exact) mass is 316 g/mol. The number of Topliss-reactive ketones (excluding diaryl/α,β-unsaturated/α-hetero) is 1. The fraction of sp³-hybridized carbons (Fsp3) is 0.167. The lowest BCUT2D eigenvalue weighted by Crippen LogP contribution is -2.03. The van der Waals surface area contributed by atoms with Gasteiger partial charge in [-0.25, -0.2) is 4.79 Å². The van der Waals surface area contributed by atoms with Gasteiger partial charge in [-0.15, -0.1) is 11.6 Å². The van der Waals surface area contributed by atoms with Gasteiger partial charge >= 0.3 is 5.97 Å². The van der Waals surface area contributed by atoms with Crippen LogP contribution in [0.3, 0.4) is 0 Å². The second-order valence-electron chi connectivity index (χ2n) is 3.40. The van der Waals surface area contributed by atoms with Gasteiger partial charge in [-0.05, 0) is 40.1 Å². The average molecular weight is 318 g/mol. The number of carbonyl (C=O) groups is 2. The maximum atomic E-state index is 11.2. The Morgan fingerprint density at radius 2 is 2.12 bits per heavy atom. The van der Waals surface area contributed by atoms with Gasteiger partial charge in [0.1, 0.15) is 5.38 Å². The molecule has 1 aromatic rings. The van der Waals surface area contributed by atoms with Crippen LogP contribution in [-0.2, 0) is 9.59 Å². The van der Waals surface area contributed by atoms with Crippen LogP contribution in [0.2, 0.25) is 0 Å². The second-order valence-corrected chi connectivity index (χ2v) is 4.62. The highest BCUT2D eigenvalue weighted by Gasteiger charge is 2.17. The largest absolute Gasteiger partial charge is 0.478 e. The van der Waals surface area contributed by atoms with Crippen molar-refractivity contribution in [2.75, 3.05) is 0 Å². The van der Waals surface area contributed by atoms with Crippen LogP contribution >= 0.6 is 27.5 Å². The summed E-state index contributed by atoms with van der Waals surface area (Å²) in [4.78, 5) is 21.6. The molecule has 1 N–H and O–H groups in total. The van der Waals surface area contributed by atoms with Crippen molar-refractivity contribution in [1.82, 2.24) is 0 Å². The Bertz CT molecular complexity index is 483. The van der Waals surface area contributed by atoms with Crippen LogP contribution in [-0.4, -0.2) is 16.9 Å². The van der Waals surface area contributed by atoms with Crippen molar-refractivity contribution < 1.29 is 14.7 Å². The van der Waals surface area contributed by atoms with Crippen molar-refractivity contribution in [3.8, 4) is 0 Å². The standard InChI is InChI=1S/C12H10BrClO3/c1-7(15)12(14)9-4-2-3-8(11(9)13)5-6-10(16)17/h2-6,12H,1H3,(H,16,17)/b6-5+. The Hall–Kier alpha value is -1.13. The zero-order chi connectivity index (χ0) is 13.0. The average Bonchev–Trinajstić information content (AvgIpc) is 2.26. The van der Waals surface area contributed by atoms with Gasteiger partial charge in [0.05, 0.1) is 0 Å². The van der Waals surface area contributed by atoms with Crippen molar-refractivity contribution >= 4 is 45.4 Å². The van der Waals surface area contributed by atoms with Gasteiger partial charge in [-0.3, -0.25) is 4.79 Å². The fourth-order valence-electron chi connectivity index (χ4n) is 1.27. The molecule has 0 bridgehead atoms. The highest BCUT2D eigenvalue weighted by Crippen LogP contribution is 2.31. The van der Waals surface area contributed by atoms with Gasteiger partial charge in [-0.1, -0.05) is 18.2 Å². The SMILES string of the molecule is CC(=O)C(Cl)c1cccc(/C=C/C(=O)O)c1Br. The molecule has 90 valence electrons. The molecule has 1 aromatic carbocycles. The topological polar surface area (TPSA) is 54.4 Å². The number of hydrogen-bond acceptors (Lipinski definition) is 2. The first-order chi connectivity index (χ1) is 7.93. The first-order valence-corrected chi connectivity index (χ1v) is 6.00. The number of hydrogen-bond donors (Lipinski definition) is 1. The van der Waals surface area contributed by atoms with Crippen LogP contribution in [0.15, 0.2) is 28.7 Å². The van der Waals surface area contributed by atoms with E-state index < -0.39 is 11.3 Å². The van der Waals surface area contributed by atoms with Gasteiger partial charge in [0, 0.05) is 10.5 Å². The Morgan fingerprint density at radius 3 is 2.65 bits per heavy atom. The molecule has 1 unspecified atom stereocenters. The van der Waals surface area contributed by atoms with Gasteiger partial charge < -0.3 is 5.11 Å². The molecule has 0 aromatic heterocycles. The van der Waals surface area contributed by atoms with Crippen LogP contribution in [0.4, 0.5) is 0 Å². The summed E-state index contributed by atoms with van der Waals surface area (Å²) in [5.74, 6) is -1.19. The molecule has 3 nitrogen and oxygen atoms in total. The predicted octanol–water partition coefficient (Wildman–Crippen LogP) is 3.42. The molecule has 0 radical (unpaired) electrons. The third-order valence-corrected chi connectivity index (χ3v) is 3.55. The summed E-state index contributed by atoms with van der Waals surface area (Å²) in [5, 5.41) is 7.82. The van der Waals surface area contributed by atoms with Gasteiger partial charge in [0.2, 0.25) is 0 Å². The Labute approximate surface area is 112 Å². The van der Waals surface area contributed by atoms with Crippen LogP contribution < -0.4 is 0 Å². The maximum absolute atomic E-state index is 11.2. The zero-order valence-corrected chi connectivity index (χ0v) is 11.3. The molecule has 5 heteroatoms. The summed E-state index contributed by atoms with van der Waals surface area (Å²) in [5.41, 5.74) is 1.29. The smallest absolute Gasteiger partial charge is 0.328 e. The van der Waals surface area contributed by atoms with Gasteiger partial charge in [0.25, 0.3) is 0 Å². The summed E-state index contributed by atoms with van der Waals surface area (Å²) in [7, 11) is 0. The first-order valence-electron chi connectivity index (χ1n) is 4.77. The number of aliphatic carboxylic acids is 1.